The number of benzene rings is 1. The molecule has 0 aliphatic heterocycles. The molecular formula is C16H22N4. The van der Waals surface area contributed by atoms with Gasteiger partial charge < -0.3 is 11.1 Å². The number of anilines is 2. The number of aromatic nitrogens is 2. The minimum Gasteiger partial charge on any atom is -0.383 e. The molecule has 4 heteroatoms. The lowest BCUT2D eigenvalue weighted by atomic mass is 9.83. The predicted octanol–water partition coefficient (Wildman–Crippen LogP) is 3.45. The fourth-order valence-corrected chi connectivity index (χ4v) is 2.95. The first kappa shape index (κ1) is 13.2. The highest BCUT2D eigenvalue weighted by Crippen LogP contribution is 2.28. The molecule has 1 aliphatic rings. The fourth-order valence-electron chi connectivity index (χ4n) is 2.95. The van der Waals surface area contributed by atoms with Gasteiger partial charge in [0.2, 0.25) is 5.95 Å². The summed E-state index contributed by atoms with van der Waals surface area (Å²) in [5.41, 5.74) is 6.90. The molecule has 0 amide bonds. The Balaban J connectivity index is 1.68. The van der Waals surface area contributed by atoms with Gasteiger partial charge in [-0.05, 0) is 36.8 Å². The van der Waals surface area contributed by atoms with Gasteiger partial charge in [0.15, 0.2) is 0 Å². The second-order valence-corrected chi connectivity index (χ2v) is 5.96. The molecule has 3 N–H and O–H groups in total. The molecule has 1 fully saturated rings. The Kier molecular flexibility index (Phi) is 3.72. The van der Waals surface area contributed by atoms with Crippen LogP contribution in [0.25, 0.3) is 10.9 Å². The molecule has 0 unspecified atom stereocenters. The van der Waals surface area contributed by atoms with E-state index in [1.807, 2.05) is 24.3 Å². The third kappa shape index (κ3) is 2.84. The van der Waals surface area contributed by atoms with E-state index in [9.17, 15) is 0 Å². The molecule has 20 heavy (non-hydrogen) atoms. The third-order valence-electron chi connectivity index (χ3n) is 4.32. The van der Waals surface area contributed by atoms with Crippen molar-refractivity contribution in [3.63, 3.8) is 0 Å². The zero-order valence-corrected chi connectivity index (χ0v) is 12.0. The van der Waals surface area contributed by atoms with Crippen LogP contribution in [-0.4, -0.2) is 16.5 Å². The summed E-state index contributed by atoms with van der Waals surface area (Å²) in [5, 5.41) is 4.28. The van der Waals surface area contributed by atoms with Crippen LogP contribution in [0.4, 0.5) is 11.8 Å². The number of fused-ring (bicyclic) bond motifs is 1. The zero-order valence-electron chi connectivity index (χ0n) is 12.0. The molecule has 0 saturated heterocycles. The molecule has 0 spiro atoms. The van der Waals surface area contributed by atoms with Crippen molar-refractivity contribution in [1.82, 2.24) is 9.97 Å². The molecule has 2 aromatic rings. The standard InChI is InChI=1S/C16H22N4/c1-11-6-8-12(9-7-11)10-18-16-19-14-5-3-2-4-13(14)15(17)20-16/h2-5,11-12H,6-10H2,1H3,(H3,17,18,19,20). The largest absolute Gasteiger partial charge is 0.383 e. The lowest BCUT2D eigenvalue weighted by molar-refractivity contribution is 0.300. The number of nitrogens with two attached hydrogens (primary N) is 1. The van der Waals surface area contributed by atoms with E-state index in [1.54, 1.807) is 0 Å². The fraction of sp³-hybridized carbons (Fsp3) is 0.500. The Labute approximate surface area is 119 Å². The van der Waals surface area contributed by atoms with E-state index in [-0.39, 0.29) is 0 Å². The first-order valence-electron chi connectivity index (χ1n) is 7.48. The highest BCUT2D eigenvalue weighted by molar-refractivity contribution is 5.88. The van der Waals surface area contributed by atoms with Crippen molar-refractivity contribution >= 4 is 22.7 Å². The number of hydrogen-bond acceptors (Lipinski definition) is 4. The number of nitrogens with zero attached hydrogens (tertiary/aromatic N) is 2. The molecule has 1 aromatic carbocycles. The number of para-hydroxylation sites is 1. The Hall–Kier alpha value is -1.84. The van der Waals surface area contributed by atoms with Crippen LogP contribution in [0.1, 0.15) is 32.6 Å². The Bertz CT molecular complexity index is 588. The van der Waals surface area contributed by atoms with Crippen LogP contribution in [0.2, 0.25) is 0 Å². The lowest BCUT2D eigenvalue weighted by Crippen LogP contribution is -2.21. The molecule has 1 aliphatic carbocycles. The summed E-state index contributed by atoms with van der Waals surface area (Å²) in [4.78, 5) is 8.89. The van der Waals surface area contributed by atoms with Gasteiger partial charge in [-0.25, -0.2) is 4.98 Å². The maximum atomic E-state index is 5.99. The van der Waals surface area contributed by atoms with Crippen molar-refractivity contribution in [2.45, 2.75) is 32.6 Å². The maximum Gasteiger partial charge on any atom is 0.225 e. The van der Waals surface area contributed by atoms with Gasteiger partial charge in [-0.1, -0.05) is 31.9 Å². The summed E-state index contributed by atoms with van der Waals surface area (Å²) >= 11 is 0. The van der Waals surface area contributed by atoms with Crippen LogP contribution in [0.3, 0.4) is 0 Å². The van der Waals surface area contributed by atoms with Gasteiger partial charge in [0, 0.05) is 11.9 Å². The van der Waals surface area contributed by atoms with Crippen molar-refractivity contribution in [3.8, 4) is 0 Å². The molecule has 106 valence electrons. The second-order valence-electron chi connectivity index (χ2n) is 5.96. The Morgan fingerprint density at radius 2 is 1.90 bits per heavy atom. The van der Waals surface area contributed by atoms with Crippen molar-refractivity contribution < 1.29 is 0 Å². The minimum atomic E-state index is 0.551. The van der Waals surface area contributed by atoms with Crippen LogP contribution in [0.15, 0.2) is 24.3 Å². The SMILES string of the molecule is CC1CCC(CNc2nc(N)c3ccccc3n2)CC1. The predicted molar refractivity (Wildman–Crippen MR) is 83.6 cm³/mol. The second kappa shape index (κ2) is 5.65. The average molecular weight is 270 g/mol. The van der Waals surface area contributed by atoms with Gasteiger partial charge in [-0.3, -0.25) is 0 Å². The molecule has 4 nitrogen and oxygen atoms in total. The smallest absolute Gasteiger partial charge is 0.225 e. The van der Waals surface area contributed by atoms with E-state index in [4.69, 9.17) is 5.73 Å². The first-order valence-corrected chi connectivity index (χ1v) is 7.48. The quantitative estimate of drug-likeness (QED) is 0.896. The monoisotopic (exact) mass is 270 g/mol. The average Bonchev–Trinajstić information content (AvgIpc) is 2.47. The lowest BCUT2D eigenvalue weighted by Gasteiger charge is -2.26. The summed E-state index contributed by atoms with van der Waals surface area (Å²) in [7, 11) is 0. The number of nitrogens with one attached hydrogen (secondary N) is 1. The van der Waals surface area contributed by atoms with Crippen molar-refractivity contribution in [2.24, 2.45) is 11.8 Å². The van der Waals surface area contributed by atoms with Crippen LogP contribution in [0, 0.1) is 11.8 Å². The van der Waals surface area contributed by atoms with Crippen molar-refractivity contribution in [3.05, 3.63) is 24.3 Å². The third-order valence-corrected chi connectivity index (χ3v) is 4.32. The molecule has 0 radical (unpaired) electrons. The van der Waals surface area contributed by atoms with E-state index in [0.29, 0.717) is 11.8 Å². The van der Waals surface area contributed by atoms with Crippen LogP contribution >= 0.6 is 0 Å². The van der Waals surface area contributed by atoms with E-state index < -0.39 is 0 Å². The van der Waals surface area contributed by atoms with Crippen LogP contribution in [-0.2, 0) is 0 Å². The van der Waals surface area contributed by atoms with E-state index in [1.165, 1.54) is 25.7 Å². The molecule has 1 saturated carbocycles. The molecule has 0 atom stereocenters. The maximum absolute atomic E-state index is 5.99. The van der Waals surface area contributed by atoms with Gasteiger partial charge in [-0.2, -0.15) is 4.98 Å². The normalized spacial score (nSPS) is 22.9. The van der Waals surface area contributed by atoms with E-state index in [2.05, 4.69) is 22.2 Å². The van der Waals surface area contributed by atoms with Gasteiger partial charge in [0.25, 0.3) is 0 Å². The summed E-state index contributed by atoms with van der Waals surface area (Å²) in [6.07, 6.45) is 5.29. The van der Waals surface area contributed by atoms with Gasteiger partial charge >= 0.3 is 0 Å². The zero-order chi connectivity index (χ0) is 13.9. The van der Waals surface area contributed by atoms with Gasteiger partial charge in [0.05, 0.1) is 5.52 Å². The van der Waals surface area contributed by atoms with E-state index in [0.717, 1.165) is 29.3 Å². The highest BCUT2D eigenvalue weighted by Gasteiger charge is 2.18. The number of hydrogen-bond donors (Lipinski definition) is 2. The highest BCUT2D eigenvalue weighted by atomic mass is 15.1. The van der Waals surface area contributed by atoms with Crippen LogP contribution < -0.4 is 11.1 Å². The Morgan fingerprint density at radius 1 is 1.15 bits per heavy atom. The van der Waals surface area contributed by atoms with Gasteiger partial charge in [0.1, 0.15) is 5.82 Å². The summed E-state index contributed by atoms with van der Waals surface area (Å²) < 4.78 is 0. The van der Waals surface area contributed by atoms with Gasteiger partial charge in [-0.15, -0.1) is 0 Å². The topological polar surface area (TPSA) is 63.8 Å². The molecule has 1 aromatic heterocycles. The van der Waals surface area contributed by atoms with Crippen LogP contribution in [0.5, 0.6) is 0 Å². The first-order chi connectivity index (χ1) is 9.72. The Morgan fingerprint density at radius 3 is 2.70 bits per heavy atom. The van der Waals surface area contributed by atoms with E-state index >= 15 is 0 Å². The number of nitrogen functional groups attached to an aromatic ring is 1. The molecule has 1 heterocycles. The summed E-state index contributed by atoms with van der Waals surface area (Å²) in [6.45, 7) is 3.29. The molecule has 3 rings (SSSR count). The molecule has 0 bridgehead atoms. The number of rotatable bonds is 3. The summed E-state index contributed by atoms with van der Waals surface area (Å²) in [5.74, 6) is 2.83. The van der Waals surface area contributed by atoms with Crippen molar-refractivity contribution in [2.75, 3.05) is 17.6 Å². The summed E-state index contributed by atoms with van der Waals surface area (Å²) in [6, 6.07) is 7.86. The minimum absolute atomic E-state index is 0.551. The van der Waals surface area contributed by atoms with Crippen molar-refractivity contribution in [1.29, 1.82) is 0 Å². The molecular weight excluding hydrogens is 248 g/mol.